The molecule has 1 fully saturated rings. The van der Waals surface area contributed by atoms with E-state index in [2.05, 4.69) is 5.32 Å². The molecule has 19 heavy (non-hydrogen) atoms. The van der Waals surface area contributed by atoms with Crippen molar-refractivity contribution < 1.29 is 18.6 Å². The zero-order chi connectivity index (χ0) is 13.9. The third-order valence-corrected chi connectivity index (χ3v) is 2.87. The van der Waals surface area contributed by atoms with Gasteiger partial charge in [-0.15, -0.1) is 0 Å². The second kappa shape index (κ2) is 5.75. The third kappa shape index (κ3) is 3.81. The Morgan fingerprint density at radius 3 is 2.68 bits per heavy atom. The molecule has 0 aliphatic carbocycles. The molecule has 5 heteroatoms. The van der Waals surface area contributed by atoms with E-state index in [9.17, 15) is 4.39 Å². The maximum absolute atomic E-state index is 13.2. The molecule has 1 heterocycles. The van der Waals surface area contributed by atoms with Crippen LogP contribution in [0, 0.1) is 5.82 Å². The number of hydrogen-bond donors (Lipinski definition) is 1. The minimum absolute atomic E-state index is 0.0256. The number of rotatable bonds is 4. The van der Waals surface area contributed by atoms with Crippen molar-refractivity contribution in [2.45, 2.75) is 32.6 Å². The molecule has 1 aromatic rings. The molecular weight excluding hydrogens is 249 g/mol. The fourth-order valence-electron chi connectivity index (χ4n) is 1.89. The van der Waals surface area contributed by atoms with Crippen molar-refractivity contribution in [1.82, 2.24) is 0 Å². The van der Waals surface area contributed by atoms with Crippen molar-refractivity contribution in [2.24, 2.45) is 0 Å². The first-order valence-electron chi connectivity index (χ1n) is 6.47. The van der Waals surface area contributed by atoms with Gasteiger partial charge in [-0.05, 0) is 32.9 Å². The van der Waals surface area contributed by atoms with E-state index in [1.165, 1.54) is 12.1 Å². The summed E-state index contributed by atoms with van der Waals surface area (Å²) >= 11 is 0. The first-order valence-corrected chi connectivity index (χ1v) is 6.47. The fraction of sp³-hybridized carbons (Fsp3) is 0.571. The van der Waals surface area contributed by atoms with Gasteiger partial charge < -0.3 is 19.5 Å². The molecule has 0 amide bonds. The summed E-state index contributed by atoms with van der Waals surface area (Å²) in [7, 11) is 0. The van der Waals surface area contributed by atoms with Crippen molar-refractivity contribution in [3.05, 3.63) is 24.0 Å². The molecule has 1 aliphatic heterocycles. The highest BCUT2D eigenvalue weighted by Gasteiger charge is 2.28. The van der Waals surface area contributed by atoms with Crippen molar-refractivity contribution in [2.75, 3.05) is 25.1 Å². The number of benzene rings is 1. The van der Waals surface area contributed by atoms with Gasteiger partial charge >= 0.3 is 0 Å². The summed E-state index contributed by atoms with van der Waals surface area (Å²) in [6.45, 7) is 7.19. The number of ether oxygens (including phenoxy) is 3. The minimum atomic E-state index is -0.538. The summed E-state index contributed by atoms with van der Waals surface area (Å²) in [5.74, 6) is -0.345. The van der Waals surface area contributed by atoms with Gasteiger partial charge in [0, 0.05) is 6.07 Å². The highest BCUT2D eigenvalue weighted by Crippen LogP contribution is 2.27. The first-order chi connectivity index (χ1) is 9.00. The topological polar surface area (TPSA) is 39.7 Å². The van der Waals surface area contributed by atoms with Gasteiger partial charge in [-0.1, -0.05) is 0 Å². The number of hydrogen-bond acceptors (Lipinski definition) is 4. The largest absolute Gasteiger partial charge is 0.492 e. The van der Waals surface area contributed by atoms with E-state index >= 15 is 0 Å². The molecule has 0 spiro atoms. The van der Waals surface area contributed by atoms with Gasteiger partial charge in [-0.2, -0.15) is 0 Å². The zero-order valence-electron chi connectivity index (χ0n) is 11.5. The van der Waals surface area contributed by atoms with Crippen molar-refractivity contribution in [3.8, 4) is 5.75 Å². The summed E-state index contributed by atoms with van der Waals surface area (Å²) in [5.41, 5.74) is 0.750. The Morgan fingerprint density at radius 1 is 1.37 bits per heavy atom. The predicted octanol–water partition coefficient (Wildman–Crippen LogP) is 2.79. The summed E-state index contributed by atoms with van der Waals surface area (Å²) < 4.78 is 29.8. The molecule has 2 rings (SSSR count). The average molecular weight is 269 g/mol. The molecule has 0 unspecified atom stereocenters. The lowest BCUT2D eigenvalue weighted by Crippen LogP contribution is -2.45. The molecule has 0 bridgehead atoms. The van der Waals surface area contributed by atoms with Crippen LogP contribution in [0.5, 0.6) is 5.75 Å². The maximum atomic E-state index is 13.2. The van der Waals surface area contributed by atoms with Crippen LogP contribution in [0.3, 0.4) is 0 Å². The van der Waals surface area contributed by atoms with Gasteiger partial charge in [0.1, 0.15) is 11.6 Å². The van der Waals surface area contributed by atoms with Crippen LogP contribution in [-0.2, 0) is 9.47 Å². The Kier molecular flexibility index (Phi) is 4.27. The van der Waals surface area contributed by atoms with E-state index in [1.807, 2.05) is 20.8 Å². The van der Waals surface area contributed by atoms with Gasteiger partial charge in [-0.25, -0.2) is 4.39 Å². The van der Waals surface area contributed by atoms with E-state index < -0.39 is 5.79 Å². The van der Waals surface area contributed by atoms with Crippen LogP contribution >= 0.6 is 0 Å². The van der Waals surface area contributed by atoms with Gasteiger partial charge in [-0.3, -0.25) is 0 Å². The van der Waals surface area contributed by atoms with E-state index in [1.54, 1.807) is 6.07 Å². The number of nitrogens with one attached hydrogen (secondary N) is 1. The van der Waals surface area contributed by atoms with Crippen LogP contribution < -0.4 is 10.1 Å². The SMILES string of the molecule is CCOc1cc(F)ccc1NC1COC(C)(C)OC1. The number of anilines is 1. The van der Waals surface area contributed by atoms with Crippen LogP contribution in [0.25, 0.3) is 0 Å². The lowest BCUT2D eigenvalue weighted by molar-refractivity contribution is -0.247. The fourth-order valence-corrected chi connectivity index (χ4v) is 1.89. The summed E-state index contributed by atoms with van der Waals surface area (Å²) in [4.78, 5) is 0. The van der Waals surface area contributed by atoms with E-state index in [-0.39, 0.29) is 11.9 Å². The Bertz CT molecular complexity index is 427. The molecule has 0 radical (unpaired) electrons. The molecule has 106 valence electrons. The third-order valence-electron chi connectivity index (χ3n) is 2.87. The molecule has 1 saturated heterocycles. The smallest absolute Gasteiger partial charge is 0.162 e. The van der Waals surface area contributed by atoms with Crippen LogP contribution in [0.2, 0.25) is 0 Å². The van der Waals surface area contributed by atoms with Crippen LogP contribution in [0.1, 0.15) is 20.8 Å². The zero-order valence-corrected chi connectivity index (χ0v) is 11.5. The molecule has 4 nitrogen and oxygen atoms in total. The quantitative estimate of drug-likeness (QED) is 0.912. The van der Waals surface area contributed by atoms with Crippen LogP contribution in [0.15, 0.2) is 18.2 Å². The molecule has 1 aromatic carbocycles. The number of halogens is 1. The Labute approximate surface area is 112 Å². The van der Waals surface area contributed by atoms with E-state index in [4.69, 9.17) is 14.2 Å². The van der Waals surface area contributed by atoms with Crippen LogP contribution in [0.4, 0.5) is 10.1 Å². The molecule has 0 aromatic heterocycles. The van der Waals surface area contributed by atoms with Crippen molar-refractivity contribution >= 4 is 5.69 Å². The van der Waals surface area contributed by atoms with Crippen molar-refractivity contribution in [3.63, 3.8) is 0 Å². The Balaban J connectivity index is 2.03. The lowest BCUT2D eigenvalue weighted by atomic mass is 10.2. The average Bonchev–Trinajstić information content (AvgIpc) is 2.35. The van der Waals surface area contributed by atoms with Gasteiger partial charge in [0.05, 0.1) is 31.5 Å². The molecule has 1 aliphatic rings. The Hall–Kier alpha value is -1.33. The van der Waals surface area contributed by atoms with Gasteiger partial charge in [0.2, 0.25) is 0 Å². The minimum Gasteiger partial charge on any atom is -0.492 e. The first kappa shape index (κ1) is 14.1. The normalized spacial score (nSPS) is 19.2. The molecule has 1 N–H and O–H groups in total. The predicted molar refractivity (Wildman–Crippen MR) is 71.0 cm³/mol. The second-order valence-corrected chi connectivity index (χ2v) is 4.94. The maximum Gasteiger partial charge on any atom is 0.162 e. The summed E-state index contributed by atoms with van der Waals surface area (Å²) in [6, 6.07) is 4.47. The van der Waals surface area contributed by atoms with E-state index in [0.29, 0.717) is 25.6 Å². The summed E-state index contributed by atoms with van der Waals surface area (Å²) in [6.07, 6.45) is 0. The standard InChI is InChI=1S/C14H20FNO3/c1-4-17-13-7-10(15)5-6-12(13)16-11-8-18-14(2,3)19-9-11/h5-7,11,16H,4,8-9H2,1-3H3. The second-order valence-electron chi connectivity index (χ2n) is 4.94. The monoisotopic (exact) mass is 269 g/mol. The van der Waals surface area contributed by atoms with E-state index in [0.717, 1.165) is 5.69 Å². The molecule has 0 saturated carbocycles. The highest BCUT2D eigenvalue weighted by molar-refractivity contribution is 5.57. The molecular formula is C14H20FNO3. The lowest BCUT2D eigenvalue weighted by Gasteiger charge is -2.35. The van der Waals surface area contributed by atoms with Crippen molar-refractivity contribution in [1.29, 1.82) is 0 Å². The summed E-state index contributed by atoms with van der Waals surface area (Å²) in [5, 5.41) is 3.26. The van der Waals surface area contributed by atoms with Gasteiger partial charge in [0.25, 0.3) is 0 Å². The molecule has 0 atom stereocenters. The highest BCUT2D eigenvalue weighted by atomic mass is 19.1. The van der Waals surface area contributed by atoms with Gasteiger partial charge in [0.15, 0.2) is 5.79 Å². The Morgan fingerprint density at radius 2 is 2.05 bits per heavy atom. The van der Waals surface area contributed by atoms with Crippen LogP contribution in [-0.4, -0.2) is 31.6 Å².